The standard InChI is InChI=1S/C30H28N4O5/c1-19(27(31)35)32-18-21-16-20-12-13-23(39-22-8-3-2-4-9-22)17-26(20)33(28(21)36)14-7-15-34-29(37)24-10-5-6-11-25(24)30(34)38/h2-6,8-13,16-17,19,32H,7,14-15,18H2,1H3,(H2,31,35)/t19-/m0/s1. The first-order chi connectivity index (χ1) is 18.8. The number of para-hydroxylation sites is 1. The molecule has 9 nitrogen and oxygen atoms in total. The van der Waals surface area contributed by atoms with Gasteiger partial charge >= 0.3 is 0 Å². The highest BCUT2D eigenvalue weighted by atomic mass is 16.5. The van der Waals surface area contributed by atoms with Gasteiger partial charge in [-0.3, -0.25) is 24.1 Å². The molecule has 0 aliphatic carbocycles. The van der Waals surface area contributed by atoms with Crippen LogP contribution in [-0.4, -0.2) is 39.8 Å². The third-order valence-electron chi connectivity index (χ3n) is 6.79. The number of fused-ring (bicyclic) bond motifs is 2. The molecule has 3 aromatic carbocycles. The monoisotopic (exact) mass is 524 g/mol. The van der Waals surface area contributed by atoms with E-state index in [4.69, 9.17) is 10.5 Å². The lowest BCUT2D eigenvalue weighted by Gasteiger charge is -2.18. The molecule has 0 saturated heterocycles. The van der Waals surface area contributed by atoms with Gasteiger partial charge in [-0.15, -0.1) is 0 Å². The Morgan fingerprint density at radius 2 is 1.54 bits per heavy atom. The molecule has 0 radical (unpaired) electrons. The molecule has 198 valence electrons. The fourth-order valence-electron chi connectivity index (χ4n) is 4.64. The fraction of sp³-hybridized carbons (Fsp3) is 0.200. The van der Waals surface area contributed by atoms with Crippen molar-refractivity contribution in [3.05, 3.63) is 106 Å². The lowest BCUT2D eigenvalue weighted by atomic mass is 10.1. The number of primary amides is 1. The predicted octanol–water partition coefficient (Wildman–Crippen LogP) is 3.44. The zero-order chi connectivity index (χ0) is 27.5. The second-order valence-electron chi connectivity index (χ2n) is 9.43. The number of nitrogens with two attached hydrogens (primary N) is 1. The normalized spacial score (nSPS) is 13.5. The van der Waals surface area contributed by atoms with E-state index >= 15 is 0 Å². The van der Waals surface area contributed by atoms with Gasteiger partial charge in [0.05, 0.1) is 22.7 Å². The molecule has 2 heterocycles. The van der Waals surface area contributed by atoms with Crippen molar-refractivity contribution in [2.75, 3.05) is 6.54 Å². The van der Waals surface area contributed by atoms with E-state index in [-0.39, 0.29) is 37.0 Å². The quantitative estimate of drug-likeness (QED) is 0.306. The van der Waals surface area contributed by atoms with Gasteiger partial charge in [0, 0.05) is 31.3 Å². The molecule has 1 aliphatic rings. The maximum absolute atomic E-state index is 13.6. The number of hydrogen-bond donors (Lipinski definition) is 2. The maximum atomic E-state index is 13.6. The first-order valence-corrected chi connectivity index (χ1v) is 12.7. The summed E-state index contributed by atoms with van der Waals surface area (Å²) in [5, 5.41) is 3.79. The minimum Gasteiger partial charge on any atom is -0.457 e. The summed E-state index contributed by atoms with van der Waals surface area (Å²) in [5.41, 5.74) is 7.02. The van der Waals surface area contributed by atoms with Crippen LogP contribution in [0.4, 0.5) is 0 Å². The van der Waals surface area contributed by atoms with Gasteiger partial charge in [0.15, 0.2) is 0 Å². The Hall–Kier alpha value is -4.76. The Kier molecular flexibility index (Phi) is 7.25. The van der Waals surface area contributed by atoms with Crippen molar-refractivity contribution in [3.8, 4) is 11.5 Å². The first kappa shape index (κ1) is 25.9. The first-order valence-electron chi connectivity index (χ1n) is 12.7. The third kappa shape index (κ3) is 5.30. The van der Waals surface area contributed by atoms with E-state index < -0.39 is 11.9 Å². The maximum Gasteiger partial charge on any atom is 0.261 e. The van der Waals surface area contributed by atoms with Crippen LogP contribution in [0.5, 0.6) is 11.5 Å². The Labute approximate surface area is 224 Å². The van der Waals surface area contributed by atoms with Gasteiger partial charge in [0.25, 0.3) is 17.4 Å². The van der Waals surface area contributed by atoms with Crippen LogP contribution in [0, 0.1) is 0 Å². The summed E-state index contributed by atoms with van der Waals surface area (Å²) < 4.78 is 7.61. The number of carbonyl (C=O) groups excluding carboxylic acids is 3. The molecule has 39 heavy (non-hydrogen) atoms. The molecular formula is C30H28N4O5. The molecule has 3 N–H and O–H groups in total. The highest BCUT2D eigenvalue weighted by molar-refractivity contribution is 6.21. The van der Waals surface area contributed by atoms with Crippen LogP contribution in [0.15, 0.2) is 83.7 Å². The van der Waals surface area contributed by atoms with Gasteiger partial charge in [0.2, 0.25) is 5.91 Å². The number of nitrogens with zero attached hydrogens (tertiary/aromatic N) is 2. The van der Waals surface area contributed by atoms with Gasteiger partial charge in [-0.1, -0.05) is 30.3 Å². The smallest absolute Gasteiger partial charge is 0.261 e. The third-order valence-corrected chi connectivity index (χ3v) is 6.79. The van der Waals surface area contributed by atoms with Crippen LogP contribution in [0.2, 0.25) is 0 Å². The van der Waals surface area contributed by atoms with Crippen molar-refractivity contribution in [3.63, 3.8) is 0 Å². The Bertz CT molecular complexity index is 1590. The van der Waals surface area contributed by atoms with E-state index in [2.05, 4.69) is 5.32 Å². The Morgan fingerprint density at radius 1 is 0.872 bits per heavy atom. The lowest BCUT2D eigenvalue weighted by Crippen LogP contribution is -2.39. The van der Waals surface area contributed by atoms with Crippen molar-refractivity contribution in [1.29, 1.82) is 0 Å². The van der Waals surface area contributed by atoms with Crippen molar-refractivity contribution < 1.29 is 19.1 Å². The summed E-state index contributed by atoms with van der Waals surface area (Å²) in [7, 11) is 0. The number of aromatic nitrogens is 1. The van der Waals surface area contributed by atoms with Gasteiger partial charge in [-0.05, 0) is 61.2 Å². The largest absolute Gasteiger partial charge is 0.457 e. The second kappa shape index (κ2) is 10.9. The SMILES string of the molecule is C[C@H](NCc1cc2ccc(Oc3ccccc3)cc2n(CCCN2C(=O)c3ccccc3C2=O)c1=O)C(N)=O. The fourth-order valence-corrected chi connectivity index (χ4v) is 4.64. The number of imide groups is 1. The van der Waals surface area contributed by atoms with Crippen LogP contribution in [0.1, 0.15) is 39.6 Å². The minimum atomic E-state index is -0.607. The van der Waals surface area contributed by atoms with Gasteiger partial charge in [-0.2, -0.15) is 0 Å². The number of rotatable bonds is 10. The van der Waals surface area contributed by atoms with E-state index in [1.54, 1.807) is 47.9 Å². The van der Waals surface area contributed by atoms with E-state index in [1.807, 2.05) is 42.5 Å². The van der Waals surface area contributed by atoms with Crippen LogP contribution in [0.3, 0.4) is 0 Å². The Morgan fingerprint density at radius 3 is 2.21 bits per heavy atom. The molecule has 5 rings (SSSR count). The van der Waals surface area contributed by atoms with Gasteiger partial charge < -0.3 is 20.4 Å². The Balaban J connectivity index is 1.43. The molecule has 1 aromatic heterocycles. The van der Waals surface area contributed by atoms with Crippen LogP contribution in [0.25, 0.3) is 10.9 Å². The molecule has 0 saturated carbocycles. The lowest BCUT2D eigenvalue weighted by molar-refractivity contribution is -0.119. The van der Waals surface area contributed by atoms with Crippen LogP contribution in [-0.2, 0) is 17.9 Å². The topological polar surface area (TPSA) is 124 Å². The summed E-state index contributed by atoms with van der Waals surface area (Å²) in [6.45, 7) is 2.22. The number of amides is 3. The number of pyridine rings is 1. The number of carbonyl (C=O) groups is 3. The number of nitrogens with one attached hydrogen (secondary N) is 1. The molecule has 3 amide bonds. The van der Waals surface area contributed by atoms with Crippen molar-refractivity contribution in [2.45, 2.75) is 32.5 Å². The zero-order valence-electron chi connectivity index (χ0n) is 21.4. The number of benzene rings is 3. The summed E-state index contributed by atoms with van der Waals surface area (Å²) in [5.74, 6) is 0.0577. The summed E-state index contributed by atoms with van der Waals surface area (Å²) >= 11 is 0. The number of aryl methyl sites for hydroxylation is 1. The average Bonchev–Trinajstić information content (AvgIpc) is 3.18. The highest BCUT2D eigenvalue weighted by Crippen LogP contribution is 2.26. The van der Waals surface area contributed by atoms with Crippen LogP contribution >= 0.6 is 0 Å². The minimum absolute atomic E-state index is 0.152. The van der Waals surface area contributed by atoms with Crippen molar-refractivity contribution in [1.82, 2.24) is 14.8 Å². The molecule has 0 spiro atoms. The van der Waals surface area contributed by atoms with Gasteiger partial charge in [0.1, 0.15) is 11.5 Å². The summed E-state index contributed by atoms with van der Waals surface area (Å²) in [6.07, 6.45) is 0.374. The van der Waals surface area contributed by atoms with E-state index in [0.29, 0.717) is 40.1 Å². The molecule has 9 heteroatoms. The molecular weight excluding hydrogens is 496 g/mol. The number of ether oxygens (including phenoxy) is 1. The van der Waals surface area contributed by atoms with E-state index in [0.717, 1.165) is 5.39 Å². The van der Waals surface area contributed by atoms with E-state index in [1.165, 1.54) is 4.90 Å². The molecule has 0 fully saturated rings. The number of hydrogen-bond acceptors (Lipinski definition) is 6. The van der Waals surface area contributed by atoms with E-state index in [9.17, 15) is 19.2 Å². The second-order valence-corrected chi connectivity index (χ2v) is 9.43. The molecule has 4 aromatic rings. The highest BCUT2D eigenvalue weighted by Gasteiger charge is 2.34. The van der Waals surface area contributed by atoms with Crippen LogP contribution < -0.4 is 21.3 Å². The summed E-state index contributed by atoms with van der Waals surface area (Å²) in [4.78, 5) is 51.8. The van der Waals surface area contributed by atoms with Crippen molar-refractivity contribution >= 4 is 28.6 Å². The molecule has 1 aliphatic heterocycles. The zero-order valence-corrected chi connectivity index (χ0v) is 21.4. The average molecular weight is 525 g/mol. The summed E-state index contributed by atoms with van der Waals surface area (Å²) in [6, 6.07) is 22.7. The molecule has 0 unspecified atom stereocenters. The van der Waals surface area contributed by atoms with Gasteiger partial charge in [-0.25, -0.2) is 0 Å². The van der Waals surface area contributed by atoms with Crippen molar-refractivity contribution in [2.24, 2.45) is 5.73 Å². The molecule has 1 atom stereocenters. The molecule has 0 bridgehead atoms. The predicted molar refractivity (Wildman–Crippen MR) is 147 cm³/mol.